The maximum atomic E-state index is 5.57. The van der Waals surface area contributed by atoms with E-state index in [1.807, 2.05) is 44.1 Å². The van der Waals surface area contributed by atoms with Crippen LogP contribution in [0, 0.1) is 5.92 Å². The lowest BCUT2D eigenvalue weighted by Gasteiger charge is -2.21. The first-order valence-corrected chi connectivity index (χ1v) is 8.88. The van der Waals surface area contributed by atoms with Gasteiger partial charge in [0.25, 0.3) is 0 Å². The van der Waals surface area contributed by atoms with E-state index in [0.29, 0.717) is 12.5 Å². The van der Waals surface area contributed by atoms with E-state index < -0.39 is 0 Å². The Bertz CT molecular complexity index is 532. The fraction of sp³-hybridized carbons (Fsp3) is 0.667. The van der Waals surface area contributed by atoms with Crippen molar-refractivity contribution in [3.8, 4) is 0 Å². The van der Waals surface area contributed by atoms with E-state index in [0.717, 1.165) is 50.3 Å². The number of aliphatic imine (C=N–C) groups is 1. The van der Waals surface area contributed by atoms with Gasteiger partial charge in [0, 0.05) is 46.3 Å². The van der Waals surface area contributed by atoms with Crippen LogP contribution in [0.3, 0.4) is 0 Å². The molecule has 0 aliphatic carbocycles. The molecule has 1 unspecified atom stereocenters. The molecule has 1 aromatic heterocycles. The third-order valence-corrected chi connectivity index (χ3v) is 4.12. The van der Waals surface area contributed by atoms with E-state index >= 15 is 0 Å². The third-order valence-electron chi connectivity index (χ3n) is 4.12. The minimum absolute atomic E-state index is 0.594. The second kappa shape index (κ2) is 9.47. The molecule has 1 atom stereocenters. The number of guanidine groups is 1. The first kappa shape index (κ1) is 18.5. The molecule has 0 spiro atoms. The summed E-state index contributed by atoms with van der Waals surface area (Å²) < 4.78 is 5.57. The molecule has 0 amide bonds. The van der Waals surface area contributed by atoms with Crippen LogP contribution in [0.2, 0.25) is 0 Å². The molecule has 0 aromatic carbocycles. The van der Waals surface area contributed by atoms with Gasteiger partial charge in [0.1, 0.15) is 5.82 Å². The average Bonchev–Trinajstić information content (AvgIpc) is 3.05. The Morgan fingerprint density at radius 2 is 2.25 bits per heavy atom. The molecule has 2 rings (SSSR count). The number of anilines is 1. The first-order chi connectivity index (χ1) is 11.6. The topological polar surface area (TPSA) is 53.0 Å². The summed E-state index contributed by atoms with van der Waals surface area (Å²) in [4.78, 5) is 13.8. The molecule has 1 aliphatic rings. The van der Waals surface area contributed by atoms with Crippen molar-refractivity contribution in [1.82, 2.24) is 15.2 Å². The van der Waals surface area contributed by atoms with Crippen LogP contribution in [0.1, 0.15) is 26.0 Å². The average molecular weight is 333 g/mol. The Morgan fingerprint density at radius 1 is 1.42 bits per heavy atom. The van der Waals surface area contributed by atoms with Crippen molar-refractivity contribution in [3.05, 3.63) is 23.9 Å². The van der Waals surface area contributed by atoms with Crippen LogP contribution in [-0.2, 0) is 11.3 Å². The number of hydrogen-bond donors (Lipinski definition) is 1. The third kappa shape index (κ3) is 5.37. The van der Waals surface area contributed by atoms with Gasteiger partial charge in [-0.05, 0) is 32.4 Å². The second-order valence-electron chi connectivity index (χ2n) is 6.31. The Labute approximate surface area is 145 Å². The molecule has 1 fully saturated rings. The zero-order valence-corrected chi connectivity index (χ0v) is 15.5. The molecule has 1 N–H and O–H groups in total. The molecular weight excluding hydrogens is 302 g/mol. The lowest BCUT2D eigenvalue weighted by molar-refractivity contribution is 0.114. The van der Waals surface area contributed by atoms with E-state index in [2.05, 4.69) is 22.1 Å². The predicted octanol–water partition coefficient (Wildman–Crippen LogP) is 1.97. The van der Waals surface area contributed by atoms with Gasteiger partial charge in [0.05, 0.1) is 18.8 Å². The Morgan fingerprint density at radius 3 is 2.96 bits per heavy atom. The molecule has 1 aromatic rings. The zero-order valence-electron chi connectivity index (χ0n) is 15.5. The quantitative estimate of drug-likeness (QED) is 0.611. The van der Waals surface area contributed by atoms with Crippen LogP contribution in [0.5, 0.6) is 0 Å². The molecule has 2 heterocycles. The molecule has 6 heteroatoms. The number of hydrogen-bond acceptors (Lipinski definition) is 4. The standard InChI is InChI=1S/C18H31N5O/c1-5-19-18(23-11-10-15(13-23)14-24-6-2)20-12-16-8-7-9-17(21-16)22(3)4/h7-9,15H,5-6,10-14H2,1-4H3,(H,19,20). The summed E-state index contributed by atoms with van der Waals surface area (Å²) in [6.07, 6.45) is 1.17. The van der Waals surface area contributed by atoms with Gasteiger partial charge in [-0.2, -0.15) is 0 Å². The summed E-state index contributed by atoms with van der Waals surface area (Å²) in [5.41, 5.74) is 0.988. The van der Waals surface area contributed by atoms with E-state index in [1.54, 1.807) is 0 Å². The maximum Gasteiger partial charge on any atom is 0.194 e. The zero-order chi connectivity index (χ0) is 17.4. The molecule has 134 valence electrons. The van der Waals surface area contributed by atoms with Crippen LogP contribution in [0.4, 0.5) is 5.82 Å². The summed E-state index contributed by atoms with van der Waals surface area (Å²) in [6, 6.07) is 6.08. The highest BCUT2D eigenvalue weighted by Gasteiger charge is 2.24. The highest BCUT2D eigenvalue weighted by Crippen LogP contribution is 2.17. The van der Waals surface area contributed by atoms with Gasteiger partial charge in [0.2, 0.25) is 0 Å². The number of aromatic nitrogens is 1. The molecule has 24 heavy (non-hydrogen) atoms. The van der Waals surface area contributed by atoms with Gasteiger partial charge < -0.3 is 19.9 Å². The maximum absolute atomic E-state index is 5.57. The first-order valence-electron chi connectivity index (χ1n) is 8.88. The van der Waals surface area contributed by atoms with E-state index in [1.165, 1.54) is 6.42 Å². The SMILES string of the molecule is CCNC(=NCc1cccc(N(C)C)n1)N1CCC(COCC)C1. The summed E-state index contributed by atoms with van der Waals surface area (Å²) in [5.74, 6) is 2.54. The largest absolute Gasteiger partial charge is 0.381 e. The van der Waals surface area contributed by atoms with Crippen LogP contribution >= 0.6 is 0 Å². The Hall–Kier alpha value is -1.82. The molecule has 1 aliphatic heterocycles. The highest BCUT2D eigenvalue weighted by molar-refractivity contribution is 5.80. The summed E-state index contributed by atoms with van der Waals surface area (Å²) in [5, 5.41) is 3.41. The van der Waals surface area contributed by atoms with Crippen molar-refractivity contribution in [3.63, 3.8) is 0 Å². The smallest absolute Gasteiger partial charge is 0.194 e. The second-order valence-corrected chi connectivity index (χ2v) is 6.31. The van der Waals surface area contributed by atoms with Gasteiger partial charge in [-0.3, -0.25) is 0 Å². The van der Waals surface area contributed by atoms with Crippen LogP contribution in [0.15, 0.2) is 23.2 Å². The Kier molecular flexibility index (Phi) is 7.31. The van der Waals surface area contributed by atoms with Crippen molar-refractivity contribution in [1.29, 1.82) is 0 Å². The minimum Gasteiger partial charge on any atom is -0.381 e. The molecule has 6 nitrogen and oxygen atoms in total. The van der Waals surface area contributed by atoms with Crippen molar-refractivity contribution in [2.75, 3.05) is 51.8 Å². The molecule has 0 radical (unpaired) electrons. The van der Waals surface area contributed by atoms with Gasteiger partial charge in [0.15, 0.2) is 5.96 Å². The summed E-state index contributed by atoms with van der Waals surface area (Å²) in [7, 11) is 4.00. The number of nitrogens with zero attached hydrogens (tertiary/aromatic N) is 4. The predicted molar refractivity (Wildman–Crippen MR) is 99.6 cm³/mol. The van der Waals surface area contributed by atoms with Gasteiger partial charge in [-0.15, -0.1) is 0 Å². The normalized spacial score (nSPS) is 18.1. The van der Waals surface area contributed by atoms with E-state index in [-0.39, 0.29) is 0 Å². The molecule has 0 bridgehead atoms. The van der Waals surface area contributed by atoms with Crippen LogP contribution < -0.4 is 10.2 Å². The lowest BCUT2D eigenvalue weighted by atomic mass is 10.1. The summed E-state index contributed by atoms with van der Waals surface area (Å²) >= 11 is 0. The fourth-order valence-corrected chi connectivity index (χ4v) is 2.83. The Balaban J connectivity index is 1.99. The number of pyridine rings is 1. The number of rotatable bonds is 7. The van der Waals surface area contributed by atoms with Crippen molar-refractivity contribution >= 4 is 11.8 Å². The fourth-order valence-electron chi connectivity index (χ4n) is 2.83. The summed E-state index contributed by atoms with van der Waals surface area (Å²) in [6.45, 7) is 9.30. The molecule has 0 saturated carbocycles. The lowest BCUT2D eigenvalue weighted by Crippen LogP contribution is -2.40. The monoisotopic (exact) mass is 333 g/mol. The van der Waals surface area contributed by atoms with Crippen molar-refractivity contribution in [2.24, 2.45) is 10.9 Å². The van der Waals surface area contributed by atoms with Gasteiger partial charge >= 0.3 is 0 Å². The minimum atomic E-state index is 0.594. The number of nitrogens with one attached hydrogen (secondary N) is 1. The number of ether oxygens (including phenoxy) is 1. The molecule has 1 saturated heterocycles. The van der Waals surface area contributed by atoms with Crippen LogP contribution in [-0.4, -0.2) is 62.8 Å². The highest BCUT2D eigenvalue weighted by atomic mass is 16.5. The van der Waals surface area contributed by atoms with Crippen LogP contribution in [0.25, 0.3) is 0 Å². The number of likely N-dealkylation sites (tertiary alicyclic amines) is 1. The van der Waals surface area contributed by atoms with Gasteiger partial charge in [-0.1, -0.05) is 6.07 Å². The van der Waals surface area contributed by atoms with E-state index in [9.17, 15) is 0 Å². The van der Waals surface area contributed by atoms with Crippen molar-refractivity contribution in [2.45, 2.75) is 26.8 Å². The van der Waals surface area contributed by atoms with Gasteiger partial charge in [-0.25, -0.2) is 9.98 Å². The van der Waals surface area contributed by atoms with Crippen molar-refractivity contribution < 1.29 is 4.74 Å². The molecular formula is C18H31N5O. The van der Waals surface area contributed by atoms with E-state index in [4.69, 9.17) is 9.73 Å².